The number of hydrogen-bond acceptors (Lipinski definition) is 6. The summed E-state index contributed by atoms with van der Waals surface area (Å²) in [7, 11) is 0. The number of fused-ring (bicyclic) bond motifs is 1. The molecule has 1 saturated heterocycles. The molecule has 7 nitrogen and oxygen atoms in total. The molecule has 0 aliphatic carbocycles. The molecule has 20 heavy (non-hydrogen) atoms. The van der Waals surface area contributed by atoms with Crippen LogP contribution in [0.5, 0.6) is 0 Å². The van der Waals surface area contributed by atoms with Crippen molar-refractivity contribution in [3.63, 3.8) is 0 Å². The van der Waals surface area contributed by atoms with Crippen LogP contribution >= 0.6 is 34.8 Å². The third-order valence-corrected chi connectivity index (χ3v) is 3.89. The molecular formula is C10H9Cl3N4O3. The fraction of sp³-hybridized carbons (Fsp3) is 0.500. The highest BCUT2D eigenvalue weighted by molar-refractivity contribution is 6.34. The van der Waals surface area contributed by atoms with Crippen molar-refractivity contribution < 1.29 is 14.9 Å². The number of imidazole rings is 1. The lowest BCUT2D eigenvalue weighted by atomic mass is 10.2. The Kier molecular flexibility index (Phi) is 3.74. The van der Waals surface area contributed by atoms with Crippen molar-refractivity contribution in [3.05, 3.63) is 15.7 Å². The van der Waals surface area contributed by atoms with E-state index in [0.717, 1.165) is 0 Å². The van der Waals surface area contributed by atoms with Gasteiger partial charge in [0.2, 0.25) is 10.6 Å². The highest BCUT2D eigenvalue weighted by atomic mass is 35.5. The summed E-state index contributed by atoms with van der Waals surface area (Å²) in [5, 5.41) is 19.1. The van der Waals surface area contributed by atoms with Crippen LogP contribution in [0.1, 0.15) is 12.6 Å². The third kappa shape index (κ3) is 2.24. The highest BCUT2D eigenvalue weighted by Crippen LogP contribution is 2.37. The maximum Gasteiger partial charge on any atom is 0.225 e. The topological polar surface area (TPSA) is 93.3 Å². The normalized spacial score (nSPS) is 26.6. The summed E-state index contributed by atoms with van der Waals surface area (Å²) < 4.78 is 6.88. The fourth-order valence-electron chi connectivity index (χ4n) is 2.14. The van der Waals surface area contributed by atoms with Gasteiger partial charge in [-0.3, -0.25) is 4.57 Å². The molecule has 0 amide bonds. The quantitative estimate of drug-likeness (QED) is 0.488. The molecule has 3 rings (SSSR count). The average Bonchev–Trinajstić information content (AvgIpc) is 2.92. The maximum atomic E-state index is 9.77. The van der Waals surface area contributed by atoms with Gasteiger partial charge in [-0.25, -0.2) is 4.98 Å². The molecule has 1 unspecified atom stereocenters. The van der Waals surface area contributed by atoms with Gasteiger partial charge < -0.3 is 14.9 Å². The van der Waals surface area contributed by atoms with Crippen LogP contribution in [0.3, 0.4) is 0 Å². The summed E-state index contributed by atoms with van der Waals surface area (Å²) in [5.41, 5.74) is 0.298. The van der Waals surface area contributed by atoms with Crippen LogP contribution in [0.2, 0.25) is 15.7 Å². The largest absolute Gasteiger partial charge is 0.394 e. The minimum absolute atomic E-state index is 0.0174. The molecule has 0 aromatic heterocycles. The zero-order valence-electron chi connectivity index (χ0n) is 9.87. The minimum atomic E-state index is -0.810. The van der Waals surface area contributed by atoms with Crippen molar-refractivity contribution >= 4 is 34.8 Å². The highest BCUT2D eigenvalue weighted by Gasteiger charge is 2.37. The monoisotopic (exact) mass is 338 g/mol. The molecule has 0 bridgehead atoms. The second-order valence-corrected chi connectivity index (χ2v) is 5.36. The maximum absolute atomic E-state index is 9.77. The van der Waals surface area contributed by atoms with E-state index in [4.69, 9.17) is 44.6 Å². The van der Waals surface area contributed by atoms with Crippen molar-refractivity contribution in [1.29, 1.82) is 0 Å². The number of ether oxygens (including phenoxy) is 1. The first-order valence-corrected chi connectivity index (χ1v) is 6.85. The summed E-state index contributed by atoms with van der Waals surface area (Å²) in [5.74, 6) is 0.235. The lowest BCUT2D eigenvalue weighted by Gasteiger charge is -2.19. The van der Waals surface area contributed by atoms with Crippen LogP contribution in [0, 0.1) is 0 Å². The lowest BCUT2D eigenvalue weighted by molar-refractivity contribution is -0.0445. The number of aliphatic hydroxyl groups is 2. The Labute approximate surface area is 128 Å². The Bertz CT molecular complexity index is 622. The van der Waals surface area contributed by atoms with Gasteiger partial charge >= 0.3 is 0 Å². The summed E-state index contributed by atoms with van der Waals surface area (Å²) in [6.07, 6.45) is -1.92. The van der Waals surface area contributed by atoms with Gasteiger partial charge in [-0.15, -0.1) is 0 Å². The van der Waals surface area contributed by atoms with Crippen molar-refractivity contribution in [2.75, 3.05) is 6.61 Å². The van der Waals surface area contributed by atoms with Gasteiger partial charge in [-0.2, -0.15) is 9.97 Å². The molecule has 0 aromatic carbocycles. The predicted molar refractivity (Wildman–Crippen MR) is 71.1 cm³/mol. The first-order chi connectivity index (χ1) is 9.51. The van der Waals surface area contributed by atoms with E-state index in [1.54, 1.807) is 0 Å². The van der Waals surface area contributed by atoms with Gasteiger partial charge in [0.1, 0.15) is 23.2 Å². The van der Waals surface area contributed by atoms with E-state index in [1.165, 1.54) is 4.57 Å². The molecule has 0 saturated carbocycles. The van der Waals surface area contributed by atoms with E-state index in [-0.39, 0.29) is 34.6 Å². The Balaban J connectivity index is 2.06. The Morgan fingerprint density at radius 2 is 2.00 bits per heavy atom. The number of halogens is 3. The molecule has 108 valence electrons. The van der Waals surface area contributed by atoms with E-state index in [0.29, 0.717) is 5.69 Å². The van der Waals surface area contributed by atoms with Crippen LogP contribution in [0.4, 0.5) is 0 Å². The fourth-order valence-corrected chi connectivity index (χ4v) is 2.94. The van der Waals surface area contributed by atoms with Crippen molar-refractivity contribution in [1.82, 2.24) is 19.5 Å². The van der Waals surface area contributed by atoms with E-state index in [1.807, 2.05) is 0 Å². The minimum Gasteiger partial charge on any atom is -0.394 e. The molecule has 3 atom stereocenters. The van der Waals surface area contributed by atoms with Crippen molar-refractivity contribution in [2.45, 2.75) is 24.9 Å². The van der Waals surface area contributed by atoms with E-state index >= 15 is 0 Å². The molecule has 10 heteroatoms. The van der Waals surface area contributed by atoms with Crippen LogP contribution in [-0.4, -0.2) is 48.5 Å². The van der Waals surface area contributed by atoms with Crippen LogP contribution in [-0.2, 0) is 4.74 Å². The summed E-state index contributed by atoms with van der Waals surface area (Å²) in [6, 6.07) is 0. The SMILES string of the molecule is OC[C@H]1OC(n2c(Cl)nc3nc(Cl)nc-3c2Cl)C[C@@H]1O. The average molecular weight is 340 g/mol. The molecule has 0 aromatic rings. The molecular weight excluding hydrogens is 330 g/mol. The standard InChI is InChI=1S/C10H9Cl3N4O3/c11-7-6-8(15-9(12)14-6)16-10(13)17(7)5-1-3(19)4(2-18)20-5/h3-5,18-19H,1-2H2/t3-,4+,5?/m0/s1. The third-order valence-electron chi connectivity index (χ3n) is 3.09. The Hall–Kier alpha value is -0.700. The van der Waals surface area contributed by atoms with Gasteiger partial charge in [0.15, 0.2) is 5.82 Å². The van der Waals surface area contributed by atoms with E-state index in [2.05, 4.69) is 15.0 Å². The van der Waals surface area contributed by atoms with Gasteiger partial charge in [0.25, 0.3) is 0 Å². The van der Waals surface area contributed by atoms with E-state index in [9.17, 15) is 5.11 Å². The summed E-state index contributed by atoms with van der Waals surface area (Å²) >= 11 is 18.0. The molecule has 0 spiro atoms. The Morgan fingerprint density at radius 1 is 1.25 bits per heavy atom. The molecule has 3 aliphatic rings. The number of rotatable bonds is 2. The zero-order valence-corrected chi connectivity index (χ0v) is 12.1. The van der Waals surface area contributed by atoms with Crippen LogP contribution < -0.4 is 0 Å². The van der Waals surface area contributed by atoms with Crippen LogP contribution in [0.25, 0.3) is 11.5 Å². The summed E-state index contributed by atoms with van der Waals surface area (Å²) in [6.45, 7) is -0.300. The smallest absolute Gasteiger partial charge is 0.225 e. The van der Waals surface area contributed by atoms with Gasteiger partial charge in [-0.1, -0.05) is 11.6 Å². The van der Waals surface area contributed by atoms with Gasteiger partial charge in [0, 0.05) is 6.42 Å². The predicted octanol–water partition coefficient (Wildman–Crippen LogP) is 1.38. The van der Waals surface area contributed by atoms with Crippen molar-refractivity contribution in [3.8, 4) is 11.5 Å². The second kappa shape index (κ2) is 5.25. The molecule has 3 aliphatic heterocycles. The van der Waals surface area contributed by atoms with E-state index < -0.39 is 18.4 Å². The molecule has 2 N–H and O–H groups in total. The molecule has 0 radical (unpaired) electrons. The summed E-state index contributed by atoms with van der Waals surface area (Å²) in [4.78, 5) is 11.9. The first-order valence-electron chi connectivity index (χ1n) is 5.72. The zero-order chi connectivity index (χ0) is 14.4. The van der Waals surface area contributed by atoms with Crippen LogP contribution in [0.15, 0.2) is 0 Å². The molecule has 1 fully saturated rings. The van der Waals surface area contributed by atoms with Crippen molar-refractivity contribution in [2.24, 2.45) is 0 Å². The molecule has 3 heterocycles. The number of aliphatic hydroxyl groups excluding tert-OH is 2. The van der Waals surface area contributed by atoms with Gasteiger partial charge in [0.05, 0.1) is 12.7 Å². The first kappa shape index (κ1) is 14.2. The lowest BCUT2D eigenvalue weighted by Crippen LogP contribution is -2.24. The number of aromatic nitrogens is 4. The number of nitrogens with zero attached hydrogens (tertiary/aromatic N) is 4. The Morgan fingerprint density at radius 3 is 2.65 bits per heavy atom. The second-order valence-electron chi connectivity index (χ2n) is 4.32. The van der Waals surface area contributed by atoms with Gasteiger partial charge in [-0.05, 0) is 23.2 Å². The number of hydrogen-bond donors (Lipinski definition) is 2.